The quantitative estimate of drug-likeness (QED) is 0.861. The Hall–Kier alpha value is -2.30. The third-order valence-corrected chi connectivity index (χ3v) is 3.99. The van der Waals surface area contributed by atoms with E-state index in [-0.39, 0.29) is 17.5 Å². The first-order valence-corrected chi connectivity index (χ1v) is 6.94. The van der Waals surface area contributed by atoms with Crippen LogP contribution in [0.15, 0.2) is 42.5 Å². The summed E-state index contributed by atoms with van der Waals surface area (Å²) in [6.07, 6.45) is 0. The minimum atomic E-state index is -1.03. The molecule has 5 heteroatoms. The molecule has 1 heterocycles. The summed E-state index contributed by atoms with van der Waals surface area (Å²) >= 11 is 0. The Labute approximate surface area is 124 Å². The largest absolute Gasteiger partial charge is 0.478 e. The van der Waals surface area contributed by atoms with Crippen molar-refractivity contribution in [2.75, 3.05) is 18.0 Å². The molecule has 0 unspecified atom stereocenters. The average Bonchev–Trinajstić information content (AvgIpc) is 2.46. The Kier molecular flexibility index (Phi) is 4.31. The van der Waals surface area contributed by atoms with Gasteiger partial charge in [0, 0.05) is 25.7 Å². The van der Waals surface area contributed by atoms with Crippen LogP contribution in [0.5, 0.6) is 0 Å². The van der Waals surface area contributed by atoms with Crippen molar-refractivity contribution in [3.8, 4) is 0 Å². The molecule has 0 aromatic heterocycles. The van der Waals surface area contributed by atoms with Crippen molar-refractivity contribution in [3.05, 3.63) is 42.5 Å². The molecule has 0 saturated carbocycles. The summed E-state index contributed by atoms with van der Waals surface area (Å²) in [4.78, 5) is 26.8. The fourth-order valence-corrected chi connectivity index (χ4v) is 2.95. The summed E-state index contributed by atoms with van der Waals surface area (Å²) in [5, 5.41) is 9.31. The Morgan fingerprint density at radius 3 is 2.38 bits per heavy atom. The molecule has 0 aliphatic carbocycles. The van der Waals surface area contributed by atoms with Crippen LogP contribution < -0.4 is 4.90 Å². The van der Waals surface area contributed by atoms with E-state index < -0.39 is 12.0 Å². The molecule has 1 N–H and O–H groups in total. The molecule has 2 atom stereocenters. The van der Waals surface area contributed by atoms with Crippen LogP contribution in [-0.2, 0) is 9.59 Å². The third-order valence-electron chi connectivity index (χ3n) is 3.99. The molecule has 1 aliphatic rings. The van der Waals surface area contributed by atoms with Crippen molar-refractivity contribution in [1.29, 1.82) is 0 Å². The highest BCUT2D eigenvalue weighted by atomic mass is 16.4. The van der Waals surface area contributed by atoms with Crippen LogP contribution in [0.1, 0.15) is 13.8 Å². The van der Waals surface area contributed by atoms with Crippen LogP contribution in [-0.4, -0.2) is 47.1 Å². The fourth-order valence-electron chi connectivity index (χ4n) is 2.95. The van der Waals surface area contributed by atoms with Crippen molar-refractivity contribution >= 4 is 17.6 Å². The molecule has 21 heavy (non-hydrogen) atoms. The second-order valence-electron chi connectivity index (χ2n) is 5.26. The molecule has 0 spiro atoms. The molecule has 0 radical (unpaired) electrons. The minimum Gasteiger partial charge on any atom is -0.478 e. The number of hydrogen-bond donors (Lipinski definition) is 1. The first-order valence-electron chi connectivity index (χ1n) is 6.94. The smallest absolute Gasteiger partial charge is 0.333 e. The number of anilines is 1. The lowest BCUT2D eigenvalue weighted by molar-refractivity contribution is -0.135. The predicted molar refractivity (Wildman–Crippen MR) is 81.2 cm³/mol. The minimum absolute atomic E-state index is 0.0431. The van der Waals surface area contributed by atoms with Gasteiger partial charge in [0.15, 0.2) is 0 Å². The Bertz CT molecular complexity index is 556. The number of aliphatic carboxylic acids is 1. The number of nitrogens with zero attached hydrogens (tertiary/aromatic N) is 2. The normalized spacial score (nSPS) is 22.0. The van der Waals surface area contributed by atoms with Crippen LogP contribution in [0.25, 0.3) is 0 Å². The molecule has 1 aromatic carbocycles. The standard InChI is InChI=1S/C16H20N2O3/c1-11(16(20)21)15-12(2)17(13(3)19)9-10-18(15)14-7-5-4-6-8-14/h4-8,12,15H,1,9-10H2,2-3H3,(H,20,21)/t12-,15+/m1/s1. The number of amides is 1. The highest BCUT2D eigenvalue weighted by molar-refractivity contribution is 5.89. The number of rotatable bonds is 3. The fraction of sp³-hybridized carbons (Fsp3) is 0.375. The summed E-state index contributed by atoms with van der Waals surface area (Å²) in [7, 11) is 0. The summed E-state index contributed by atoms with van der Waals surface area (Å²) in [6.45, 7) is 8.26. The van der Waals surface area contributed by atoms with Gasteiger partial charge in [0.05, 0.1) is 17.7 Å². The predicted octanol–water partition coefficient (Wildman–Crippen LogP) is 1.75. The van der Waals surface area contributed by atoms with Crippen LogP contribution in [0, 0.1) is 0 Å². The van der Waals surface area contributed by atoms with Gasteiger partial charge in [0.25, 0.3) is 0 Å². The number of para-hydroxylation sites is 1. The molecular weight excluding hydrogens is 268 g/mol. The van der Waals surface area contributed by atoms with Crippen molar-refractivity contribution in [2.45, 2.75) is 25.9 Å². The van der Waals surface area contributed by atoms with Crippen LogP contribution in [0.4, 0.5) is 5.69 Å². The van der Waals surface area contributed by atoms with Gasteiger partial charge >= 0.3 is 5.97 Å². The van der Waals surface area contributed by atoms with E-state index in [1.54, 1.807) is 4.90 Å². The number of carbonyl (C=O) groups is 2. The number of carboxylic acids is 1. The molecule has 2 rings (SSSR count). The molecule has 1 aliphatic heterocycles. The SMILES string of the molecule is C=C(C(=O)O)[C@H]1[C@@H](C)N(C(C)=O)CCN1c1ccccc1. The van der Waals surface area contributed by atoms with Crippen molar-refractivity contribution < 1.29 is 14.7 Å². The van der Waals surface area contributed by atoms with E-state index in [4.69, 9.17) is 0 Å². The van der Waals surface area contributed by atoms with E-state index in [1.807, 2.05) is 42.2 Å². The molecule has 1 fully saturated rings. The second-order valence-corrected chi connectivity index (χ2v) is 5.26. The summed E-state index contributed by atoms with van der Waals surface area (Å²) < 4.78 is 0. The number of piperazine rings is 1. The van der Waals surface area contributed by atoms with Crippen molar-refractivity contribution in [3.63, 3.8) is 0 Å². The maximum atomic E-state index is 11.7. The first kappa shape index (κ1) is 15.1. The first-order chi connectivity index (χ1) is 9.93. The van der Waals surface area contributed by atoms with Gasteiger partial charge in [-0.1, -0.05) is 24.8 Å². The zero-order valence-corrected chi connectivity index (χ0v) is 12.3. The van der Waals surface area contributed by atoms with Gasteiger partial charge in [0.1, 0.15) is 0 Å². The van der Waals surface area contributed by atoms with Crippen LogP contribution >= 0.6 is 0 Å². The molecule has 5 nitrogen and oxygen atoms in total. The molecule has 1 aromatic rings. The zero-order valence-electron chi connectivity index (χ0n) is 12.3. The van der Waals surface area contributed by atoms with E-state index in [9.17, 15) is 14.7 Å². The highest BCUT2D eigenvalue weighted by Crippen LogP contribution is 2.28. The highest BCUT2D eigenvalue weighted by Gasteiger charge is 2.38. The lowest BCUT2D eigenvalue weighted by atomic mass is 9.95. The van der Waals surface area contributed by atoms with Crippen LogP contribution in [0.2, 0.25) is 0 Å². The lowest BCUT2D eigenvalue weighted by Gasteiger charge is -2.47. The molecule has 112 valence electrons. The maximum Gasteiger partial charge on any atom is 0.333 e. The zero-order chi connectivity index (χ0) is 15.6. The molecule has 1 saturated heterocycles. The van der Waals surface area contributed by atoms with Gasteiger partial charge in [-0.05, 0) is 19.1 Å². The average molecular weight is 288 g/mol. The van der Waals surface area contributed by atoms with Gasteiger partial charge < -0.3 is 14.9 Å². The second kappa shape index (κ2) is 5.99. The molecule has 0 bridgehead atoms. The molecule has 1 amide bonds. The number of benzene rings is 1. The monoisotopic (exact) mass is 288 g/mol. The Morgan fingerprint density at radius 2 is 1.86 bits per heavy atom. The van der Waals surface area contributed by atoms with E-state index in [1.165, 1.54) is 6.92 Å². The lowest BCUT2D eigenvalue weighted by Crippen LogP contribution is -2.61. The van der Waals surface area contributed by atoms with Crippen molar-refractivity contribution in [1.82, 2.24) is 4.90 Å². The van der Waals surface area contributed by atoms with E-state index in [0.717, 1.165) is 5.69 Å². The summed E-state index contributed by atoms with van der Waals surface area (Å²) in [5.41, 5.74) is 1.05. The Morgan fingerprint density at radius 1 is 1.24 bits per heavy atom. The maximum absolute atomic E-state index is 11.7. The van der Waals surface area contributed by atoms with Gasteiger partial charge in [-0.25, -0.2) is 4.79 Å². The van der Waals surface area contributed by atoms with Gasteiger partial charge in [-0.3, -0.25) is 4.79 Å². The van der Waals surface area contributed by atoms with Gasteiger partial charge in [-0.15, -0.1) is 0 Å². The Balaban J connectivity index is 2.38. The van der Waals surface area contributed by atoms with Gasteiger partial charge in [-0.2, -0.15) is 0 Å². The third kappa shape index (κ3) is 2.91. The van der Waals surface area contributed by atoms with Gasteiger partial charge in [0.2, 0.25) is 5.91 Å². The number of carboxylic acid groups (broad SMARTS) is 1. The number of hydrogen-bond acceptors (Lipinski definition) is 3. The van der Waals surface area contributed by atoms with E-state index in [2.05, 4.69) is 6.58 Å². The van der Waals surface area contributed by atoms with Crippen LogP contribution in [0.3, 0.4) is 0 Å². The van der Waals surface area contributed by atoms with E-state index >= 15 is 0 Å². The van der Waals surface area contributed by atoms with Crippen molar-refractivity contribution in [2.24, 2.45) is 0 Å². The summed E-state index contributed by atoms with van der Waals surface area (Å²) in [5.74, 6) is -1.07. The number of carbonyl (C=O) groups excluding carboxylic acids is 1. The van der Waals surface area contributed by atoms with E-state index in [0.29, 0.717) is 13.1 Å². The summed E-state index contributed by atoms with van der Waals surface area (Å²) in [6, 6.07) is 8.97. The topological polar surface area (TPSA) is 60.9 Å². The molecular formula is C16H20N2O3.